The summed E-state index contributed by atoms with van der Waals surface area (Å²) in [5.74, 6) is -1.13. The molecule has 1 aliphatic rings. The molecule has 0 aliphatic carbocycles. The van der Waals surface area contributed by atoms with E-state index in [9.17, 15) is 15.1 Å². The molecule has 1 aliphatic heterocycles. The number of hydrogen-bond acceptors (Lipinski definition) is 3. The third-order valence-electron chi connectivity index (χ3n) is 7.24. The number of likely N-dealkylation sites (tertiary alicyclic amines) is 1. The highest BCUT2D eigenvalue weighted by Gasteiger charge is 2.46. The highest BCUT2D eigenvalue weighted by atomic mass is 35.5. The minimum Gasteiger partial charge on any atom is -0.633 e. The number of rotatable bonds is 7. The molecule has 0 unspecified atom stereocenters. The van der Waals surface area contributed by atoms with E-state index in [1.54, 1.807) is 84.9 Å². The quantitative estimate of drug-likeness (QED) is 0.364. The van der Waals surface area contributed by atoms with Gasteiger partial charge in [-0.05, 0) is 28.8 Å². The van der Waals surface area contributed by atoms with E-state index in [1.807, 2.05) is 0 Å². The fourth-order valence-electron chi connectivity index (χ4n) is 5.10. The van der Waals surface area contributed by atoms with Crippen LogP contribution in [-0.4, -0.2) is 54.1 Å². The number of carbonyl (C=O) groups excluding carboxylic acids is 1. The van der Waals surface area contributed by atoms with Crippen molar-refractivity contribution in [2.45, 2.75) is 30.3 Å². The highest BCUT2D eigenvalue weighted by molar-refractivity contribution is 6.30. The average Bonchev–Trinajstić information content (AvgIpc) is 2.91. The molecular formula is C29H33ClN2O3. The molecule has 3 aromatic carbocycles. The van der Waals surface area contributed by atoms with Crippen molar-refractivity contribution in [1.29, 1.82) is 0 Å². The Hall–Kier alpha value is -2.70. The van der Waals surface area contributed by atoms with Gasteiger partial charge in [0.15, 0.2) is 0 Å². The number of amides is 1. The molecule has 1 saturated heterocycles. The van der Waals surface area contributed by atoms with Crippen LogP contribution < -0.4 is 0 Å². The monoisotopic (exact) mass is 498 g/mol. The number of aliphatic hydroxyl groups is 1. The summed E-state index contributed by atoms with van der Waals surface area (Å²) in [5, 5.41) is 25.9. The van der Waals surface area contributed by atoms with Gasteiger partial charge in [-0.1, -0.05) is 84.4 Å². The second-order valence-electron chi connectivity index (χ2n) is 9.30. The number of nitrogens with zero attached hydrogens (tertiary/aromatic N) is 2. The molecule has 184 valence electrons. The Morgan fingerprint density at radius 3 is 2.00 bits per heavy atom. The molecular weight excluding hydrogens is 460 g/mol. The van der Waals surface area contributed by atoms with E-state index < -0.39 is 35.5 Å². The lowest BCUT2D eigenvalue weighted by atomic mass is 9.70. The van der Waals surface area contributed by atoms with Crippen LogP contribution in [0.2, 0.25) is 5.02 Å². The van der Waals surface area contributed by atoms with E-state index in [-0.39, 0.29) is 43.8 Å². The molecule has 4 rings (SSSR count). The van der Waals surface area contributed by atoms with Crippen LogP contribution in [0.25, 0.3) is 0 Å². The predicted molar refractivity (Wildman–Crippen MR) is 140 cm³/mol. The first-order chi connectivity index (χ1) is 19.1. The Bertz CT molecular complexity index is 1270. The molecule has 1 fully saturated rings. The minimum atomic E-state index is -3.26. The smallest absolute Gasteiger partial charge is 0.237 e. The zero-order valence-electron chi connectivity index (χ0n) is 25.4. The number of hydroxylamine groups is 3. The maximum absolute atomic E-state index is 14.4. The molecule has 1 N–H and O–H groups in total. The van der Waals surface area contributed by atoms with E-state index in [0.29, 0.717) is 21.7 Å². The molecule has 3 aromatic rings. The Morgan fingerprint density at radius 1 is 1.00 bits per heavy atom. The van der Waals surface area contributed by atoms with Gasteiger partial charge in [0, 0.05) is 46.5 Å². The first kappa shape index (κ1) is 18.6. The van der Waals surface area contributed by atoms with Crippen molar-refractivity contribution in [1.82, 2.24) is 4.90 Å². The van der Waals surface area contributed by atoms with Gasteiger partial charge in [-0.15, -0.1) is 0 Å². The molecule has 0 spiro atoms. The van der Waals surface area contributed by atoms with Crippen LogP contribution in [-0.2, 0) is 15.8 Å². The van der Waals surface area contributed by atoms with E-state index in [0.717, 1.165) is 0 Å². The van der Waals surface area contributed by atoms with Crippen molar-refractivity contribution < 1.29 is 22.8 Å². The second-order valence-corrected chi connectivity index (χ2v) is 9.73. The van der Waals surface area contributed by atoms with Gasteiger partial charge in [-0.2, -0.15) is 0 Å². The Labute approximate surface area is 221 Å². The largest absolute Gasteiger partial charge is 0.633 e. The Morgan fingerprint density at radius 2 is 1.51 bits per heavy atom. The first-order valence-corrected chi connectivity index (χ1v) is 12.0. The van der Waals surface area contributed by atoms with E-state index in [2.05, 4.69) is 0 Å². The number of carbonyl (C=O) groups is 1. The number of hydrogen-bond donors (Lipinski definition) is 1. The summed E-state index contributed by atoms with van der Waals surface area (Å²) in [6.45, 7) is -6.53. The standard InChI is InChI=1S/C29H33ClN2O3/c1-31(2)27(33)29(24-9-5-3-6-10-24,25-11-7-4-8-12-25)19-22-32(35)20-17-28(34,18-21-32)23-13-15-26(30)16-14-23/h3-16,34H,17-22H2,1-2H3/i1D3,2D3. The van der Waals surface area contributed by atoms with Gasteiger partial charge >= 0.3 is 0 Å². The molecule has 35 heavy (non-hydrogen) atoms. The molecule has 0 radical (unpaired) electrons. The van der Waals surface area contributed by atoms with Crippen molar-refractivity contribution in [3.05, 3.63) is 112 Å². The van der Waals surface area contributed by atoms with Gasteiger partial charge in [0.2, 0.25) is 5.91 Å². The summed E-state index contributed by atoms with van der Waals surface area (Å²) < 4.78 is 47.0. The third kappa shape index (κ3) is 5.14. The maximum Gasteiger partial charge on any atom is 0.237 e. The van der Waals surface area contributed by atoms with E-state index >= 15 is 0 Å². The van der Waals surface area contributed by atoms with Crippen LogP contribution in [0.1, 0.15) is 44.2 Å². The van der Waals surface area contributed by atoms with Crippen LogP contribution in [0.4, 0.5) is 0 Å². The van der Waals surface area contributed by atoms with Crippen molar-refractivity contribution in [2.75, 3.05) is 33.6 Å². The molecule has 0 aromatic heterocycles. The average molecular weight is 499 g/mol. The summed E-state index contributed by atoms with van der Waals surface area (Å²) in [6.07, 6.45) is 0.199. The zero-order chi connectivity index (χ0) is 30.1. The number of likely N-dealkylation sites (N-methyl/N-ethyl adjacent to an activating group) is 1. The van der Waals surface area contributed by atoms with E-state index in [4.69, 9.17) is 19.8 Å². The summed E-state index contributed by atoms with van der Waals surface area (Å²) in [5.41, 5.74) is -1.54. The highest BCUT2D eigenvalue weighted by Crippen LogP contribution is 2.41. The first-order valence-electron chi connectivity index (χ1n) is 14.6. The third-order valence-corrected chi connectivity index (χ3v) is 7.50. The lowest BCUT2D eigenvalue weighted by Gasteiger charge is -2.51. The van der Waals surface area contributed by atoms with Crippen LogP contribution in [0, 0.1) is 5.21 Å². The van der Waals surface area contributed by atoms with Gasteiger partial charge in [-0.25, -0.2) is 0 Å². The second kappa shape index (κ2) is 10.1. The number of halogens is 1. The topological polar surface area (TPSA) is 63.6 Å². The Balaban J connectivity index is 1.74. The molecule has 0 atom stereocenters. The van der Waals surface area contributed by atoms with Crippen LogP contribution in [0.3, 0.4) is 0 Å². The van der Waals surface area contributed by atoms with Gasteiger partial charge in [0.05, 0.1) is 19.6 Å². The lowest BCUT2D eigenvalue weighted by molar-refractivity contribution is -0.889. The van der Waals surface area contributed by atoms with Crippen molar-refractivity contribution in [3.63, 3.8) is 0 Å². The summed E-state index contributed by atoms with van der Waals surface area (Å²) in [4.78, 5) is 14.4. The molecule has 0 bridgehead atoms. The van der Waals surface area contributed by atoms with Crippen molar-refractivity contribution in [3.8, 4) is 0 Å². The predicted octanol–water partition coefficient (Wildman–Crippen LogP) is 5.10. The number of benzene rings is 3. The summed E-state index contributed by atoms with van der Waals surface area (Å²) >= 11 is 5.99. The lowest BCUT2D eigenvalue weighted by Crippen LogP contribution is -2.55. The normalized spacial score (nSPS) is 25.8. The molecule has 0 saturated carbocycles. The molecule has 1 amide bonds. The number of quaternary nitrogens is 1. The Kier molecular flexibility index (Phi) is 5.36. The number of piperidine rings is 1. The minimum absolute atomic E-state index is 0.00930. The zero-order valence-corrected chi connectivity index (χ0v) is 20.1. The fraction of sp³-hybridized carbons (Fsp3) is 0.345. The van der Waals surface area contributed by atoms with Gasteiger partial charge in [0.25, 0.3) is 0 Å². The SMILES string of the molecule is [2H]C([2H])([2H])N(C(=O)C(CC[N+]1([O-])CCC(O)(c2ccc(Cl)cc2)CC1)(c1ccccc1)c1ccccc1)C([2H])([2H])[2H]. The van der Waals surface area contributed by atoms with Crippen LogP contribution >= 0.6 is 11.6 Å². The van der Waals surface area contributed by atoms with Gasteiger partial charge in [-0.3, -0.25) is 4.79 Å². The summed E-state index contributed by atoms with van der Waals surface area (Å²) in [6, 6.07) is 23.6. The van der Waals surface area contributed by atoms with E-state index in [1.165, 1.54) is 0 Å². The van der Waals surface area contributed by atoms with Crippen LogP contribution in [0.5, 0.6) is 0 Å². The molecule has 1 heterocycles. The van der Waals surface area contributed by atoms with Gasteiger partial charge < -0.3 is 19.9 Å². The molecule has 5 nitrogen and oxygen atoms in total. The van der Waals surface area contributed by atoms with Crippen molar-refractivity contribution in [2.24, 2.45) is 0 Å². The maximum atomic E-state index is 14.4. The van der Waals surface area contributed by atoms with Crippen LogP contribution in [0.15, 0.2) is 84.9 Å². The summed E-state index contributed by atoms with van der Waals surface area (Å²) in [7, 11) is 0. The fourth-order valence-corrected chi connectivity index (χ4v) is 5.23. The van der Waals surface area contributed by atoms with Crippen molar-refractivity contribution >= 4 is 17.5 Å². The molecule has 6 heteroatoms. The van der Waals surface area contributed by atoms with Gasteiger partial charge in [0.1, 0.15) is 11.0 Å².